The molecule has 8 heteroatoms. The highest BCUT2D eigenvalue weighted by atomic mass is 16.4. The molecule has 4 amide bonds. The zero-order chi connectivity index (χ0) is 21.8. The van der Waals surface area contributed by atoms with E-state index in [0.29, 0.717) is 11.4 Å². The summed E-state index contributed by atoms with van der Waals surface area (Å²) in [5.74, 6) is 0.248. The number of hydrogen-bond donors (Lipinski definition) is 2. The van der Waals surface area contributed by atoms with Gasteiger partial charge in [-0.1, -0.05) is 25.1 Å². The number of amides is 4. The number of piperidine rings is 1. The zero-order valence-corrected chi connectivity index (χ0v) is 17.5. The van der Waals surface area contributed by atoms with Crippen LogP contribution in [0.25, 0.3) is 6.08 Å². The predicted octanol–water partition coefficient (Wildman–Crippen LogP) is 3.36. The second-order valence-corrected chi connectivity index (χ2v) is 7.66. The number of aryl methyl sites for hydroxylation is 1. The quantitative estimate of drug-likeness (QED) is 0.550. The van der Waals surface area contributed by atoms with Crippen LogP contribution in [0.5, 0.6) is 0 Å². The van der Waals surface area contributed by atoms with E-state index < -0.39 is 17.8 Å². The molecule has 0 aliphatic carbocycles. The van der Waals surface area contributed by atoms with E-state index >= 15 is 0 Å². The van der Waals surface area contributed by atoms with Crippen LogP contribution in [0.4, 0.5) is 16.4 Å². The van der Waals surface area contributed by atoms with Gasteiger partial charge in [-0.3, -0.25) is 9.59 Å². The third-order valence-corrected chi connectivity index (χ3v) is 5.50. The summed E-state index contributed by atoms with van der Waals surface area (Å²) in [5.41, 5.74) is 1.75. The summed E-state index contributed by atoms with van der Waals surface area (Å²) in [6.45, 7) is 3.52. The first kappa shape index (κ1) is 20.7. The lowest BCUT2D eigenvalue weighted by molar-refractivity contribution is -0.127. The molecule has 1 aromatic carbocycles. The Morgan fingerprint density at radius 1 is 1.13 bits per heavy atom. The predicted molar refractivity (Wildman–Crippen MR) is 117 cm³/mol. The molecule has 0 bridgehead atoms. The first-order valence-corrected chi connectivity index (χ1v) is 10.6. The summed E-state index contributed by atoms with van der Waals surface area (Å²) in [4.78, 5) is 40.5. The van der Waals surface area contributed by atoms with Crippen molar-refractivity contribution in [2.75, 3.05) is 29.9 Å². The molecule has 8 nitrogen and oxygen atoms in total. The summed E-state index contributed by atoms with van der Waals surface area (Å²) in [5, 5.41) is 5.31. The SMILES string of the molecule is CCc1ccccc1NC(=O)CN1C(=O)N/C(=C/c2ccc(N3CCCCC3)o2)C1=O. The smallest absolute Gasteiger partial charge is 0.329 e. The third kappa shape index (κ3) is 4.63. The third-order valence-electron chi connectivity index (χ3n) is 5.50. The normalized spacial score (nSPS) is 17.9. The molecule has 2 N–H and O–H groups in total. The Morgan fingerprint density at radius 3 is 2.68 bits per heavy atom. The number of carbonyl (C=O) groups excluding carboxylic acids is 3. The van der Waals surface area contributed by atoms with Crippen molar-refractivity contribution in [2.24, 2.45) is 0 Å². The van der Waals surface area contributed by atoms with E-state index in [1.54, 1.807) is 12.1 Å². The maximum Gasteiger partial charge on any atom is 0.329 e. The lowest BCUT2D eigenvalue weighted by Gasteiger charge is -2.25. The fraction of sp³-hybridized carbons (Fsp3) is 0.348. The Balaban J connectivity index is 1.41. The van der Waals surface area contributed by atoms with Gasteiger partial charge < -0.3 is 20.0 Å². The second-order valence-electron chi connectivity index (χ2n) is 7.66. The van der Waals surface area contributed by atoms with Crippen LogP contribution in [0.3, 0.4) is 0 Å². The topological polar surface area (TPSA) is 94.9 Å². The van der Waals surface area contributed by atoms with Gasteiger partial charge in [0.15, 0.2) is 5.88 Å². The van der Waals surface area contributed by atoms with E-state index in [-0.39, 0.29) is 12.2 Å². The van der Waals surface area contributed by atoms with E-state index in [9.17, 15) is 14.4 Å². The molecule has 3 heterocycles. The molecular weight excluding hydrogens is 396 g/mol. The first-order valence-electron chi connectivity index (χ1n) is 10.6. The van der Waals surface area contributed by atoms with E-state index in [0.717, 1.165) is 48.7 Å². The van der Waals surface area contributed by atoms with Gasteiger partial charge in [0.25, 0.3) is 5.91 Å². The fourth-order valence-electron chi connectivity index (χ4n) is 3.85. The molecule has 4 rings (SSSR count). The Kier molecular flexibility index (Phi) is 6.06. The molecule has 0 atom stereocenters. The van der Waals surface area contributed by atoms with Crippen molar-refractivity contribution in [2.45, 2.75) is 32.6 Å². The molecule has 0 saturated carbocycles. The maximum absolute atomic E-state index is 12.7. The number of furan rings is 1. The fourth-order valence-corrected chi connectivity index (χ4v) is 3.85. The number of benzene rings is 1. The number of hydrogen-bond acceptors (Lipinski definition) is 5. The van der Waals surface area contributed by atoms with Gasteiger partial charge in [0.1, 0.15) is 18.0 Å². The van der Waals surface area contributed by atoms with Crippen molar-refractivity contribution in [3.63, 3.8) is 0 Å². The highest BCUT2D eigenvalue weighted by Crippen LogP contribution is 2.24. The van der Waals surface area contributed by atoms with Crippen LogP contribution < -0.4 is 15.5 Å². The van der Waals surface area contributed by atoms with E-state index in [1.807, 2.05) is 31.2 Å². The monoisotopic (exact) mass is 422 g/mol. The molecule has 2 aliphatic heterocycles. The standard InChI is InChI=1S/C23H26N4O4/c1-2-16-8-4-5-9-18(16)24-20(28)15-27-22(29)19(25-23(27)30)14-17-10-11-21(31-17)26-12-6-3-7-13-26/h4-5,8-11,14H,2-3,6-7,12-13,15H2,1H3,(H,24,28)(H,25,30)/b19-14+. The van der Waals surface area contributed by atoms with E-state index in [4.69, 9.17) is 4.42 Å². The lowest BCUT2D eigenvalue weighted by atomic mass is 10.1. The van der Waals surface area contributed by atoms with Crippen LogP contribution in [0.1, 0.15) is 37.5 Å². The highest BCUT2D eigenvalue weighted by molar-refractivity contribution is 6.15. The minimum atomic E-state index is -0.627. The Bertz CT molecular complexity index is 1020. The number of nitrogens with zero attached hydrogens (tertiary/aromatic N) is 2. The Hall–Kier alpha value is -3.55. The van der Waals surface area contributed by atoms with Gasteiger partial charge >= 0.3 is 6.03 Å². The van der Waals surface area contributed by atoms with Crippen molar-refractivity contribution < 1.29 is 18.8 Å². The van der Waals surface area contributed by atoms with Gasteiger partial charge in [-0.05, 0) is 43.4 Å². The number of para-hydroxylation sites is 1. The van der Waals surface area contributed by atoms with Crippen molar-refractivity contribution >= 4 is 35.5 Å². The van der Waals surface area contributed by atoms with Gasteiger partial charge in [0.2, 0.25) is 5.91 Å². The lowest BCUT2D eigenvalue weighted by Crippen LogP contribution is -2.38. The average Bonchev–Trinajstić information content (AvgIpc) is 3.35. The van der Waals surface area contributed by atoms with Gasteiger partial charge in [-0.15, -0.1) is 0 Å². The number of urea groups is 1. The van der Waals surface area contributed by atoms with Crippen LogP contribution in [0, 0.1) is 0 Å². The van der Waals surface area contributed by atoms with Crippen molar-refractivity contribution in [3.8, 4) is 0 Å². The van der Waals surface area contributed by atoms with Crippen molar-refractivity contribution in [1.82, 2.24) is 10.2 Å². The minimum Gasteiger partial charge on any atom is -0.441 e. The Labute approximate surface area is 180 Å². The molecule has 2 saturated heterocycles. The molecule has 2 fully saturated rings. The van der Waals surface area contributed by atoms with Crippen LogP contribution in [-0.2, 0) is 16.0 Å². The summed E-state index contributed by atoms with van der Waals surface area (Å²) in [6, 6.07) is 10.5. The molecule has 2 aromatic rings. The highest BCUT2D eigenvalue weighted by Gasteiger charge is 2.35. The maximum atomic E-state index is 12.7. The van der Waals surface area contributed by atoms with E-state index in [2.05, 4.69) is 15.5 Å². The summed E-state index contributed by atoms with van der Waals surface area (Å²) in [7, 11) is 0. The summed E-state index contributed by atoms with van der Waals surface area (Å²) >= 11 is 0. The summed E-state index contributed by atoms with van der Waals surface area (Å²) < 4.78 is 5.84. The van der Waals surface area contributed by atoms with Crippen molar-refractivity contribution in [1.29, 1.82) is 0 Å². The van der Waals surface area contributed by atoms with Gasteiger partial charge in [0.05, 0.1) is 0 Å². The van der Waals surface area contributed by atoms with Gasteiger partial charge in [0, 0.05) is 30.9 Å². The molecule has 0 unspecified atom stereocenters. The minimum absolute atomic E-state index is 0.0892. The molecular formula is C23H26N4O4. The Morgan fingerprint density at radius 2 is 1.90 bits per heavy atom. The van der Waals surface area contributed by atoms with Crippen LogP contribution >= 0.6 is 0 Å². The average molecular weight is 422 g/mol. The van der Waals surface area contributed by atoms with Crippen LogP contribution in [-0.4, -0.2) is 42.4 Å². The molecule has 2 aliphatic rings. The summed E-state index contributed by atoms with van der Waals surface area (Å²) in [6.07, 6.45) is 5.74. The van der Waals surface area contributed by atoms with Gasteiger partial charge in [-0.2, -0.15) is 0 Å². The number of carbonyl (C=O) groups is 3. The van der Waals surface area contributed by atoms with Crippen LogP contribution in [0.2, 0.25) is 0 Å². The number of imide groups is 1. The number of rotatable bonds is 6. The van der Waals surface area contributed by atoms with E-state index in [1.165, 1.54) is 12.5 Å². The first-order chi connectivity index (χ1) is 15.0. The molecule has 31 heavy (non-hydrogen) atoms. The number of anilines is 2. The zero-order valence-electron chi connectivity index (χ0n) is 17.5. The molecule has 1 aromatic heterocycles. The molecule has 0 spiro atoms. The second kappa shape index (κ2) is 9.07. The van der Waals surface area contributed by atoms with Crippen LogP contribution in [0.15, 0.2) is 46.5 Å². The number of nitrogens with one attached hydrogen (secondary N) is 2. The van der Waals surface area contributed by atoms with Crippen molar-refractivity contribution in [3.05, 3.63) is 53.4 Å². The molecule has 162 valence electrons. The largest absolute Gasteiger partial charge is 0.441 e. The van der Waals surface area contributed by atoms with Gasteiger partial charge in [-0.25, -0.2) is 9.69 Å². The molecule has 0 radical (unpaired) electrons.